The van der Waals surface area contributed by atoms with Crippen molar-refractivity contribution in [2.24, 2.45) is 5.92 Å². The Bertz CT molecular complexity index is 571. The molecule has 3 atom stereocenters. The number of benzene rings is 1. The van der Waals surface area contributed by atoms with E-state index in [2.05, 4.69) is 10.6 Å². The largest absolute Gasteiger partial charge is 0.396 e. The van der Waals surface area contributed by atoms with Crippen molar-refractivity contribution in [1.29, 1.82) is 0 Å². The van der Waals surface area contributed by atoms with E-state index in [1.54, 1.807) is 0 Å². The lowest BCUT2D eigenvalue weighted by molar-refractivity contribution is -0.123. The van der Waals surface area contributed by atoms with Gasteiger partial charge in [0.1, 0.15) is 0 Å². The van der Waals surface area contributed by atoms with Crippen LogP contribution in [0.15, 0.2) is 24.3 Å². The Hall–Kier alpha value is -1.88. The van der Waals surface area contributed by atoms with Gasteiger partial charge >= 0.3 is 0 Å². The van der Waals surface area contributed by atoms with E-state index in [1.165, 1.54) is 6.92 Å². The number of carbonyl (C=O) groups excluding carboxylic acids is 2. The zero-order chi connectivity index (χ0) is 18.2. The number of aliphatic hydroxyl groups is 1. The van der Waals surface area contributed by atoms with Crippen LogP contribution in [0.3, 0.4) is 0 Å². The molecule has 0 radical (unpaired) electrons. The zero-order valence-corrected chi connectivity index (χ0v) is 15.3. The van der Waals surface area contributed by atoms with Crippen molar-refractivity contribution < 1.29 is 14.7 Å². The SMILES string of the molecule is CC(=O)NC(CC(=O)NC1CCCCCC1CO)c1ccc(C)cc1. The van der Waals surface area contributed by atoms with Gasteiger partial charge in [0.2, 0.25) is 11.8 Å². The fourth-order valence-electron chi connectivity index (χ4n) is 3.54. The molecule has 3 unspecified atom stereocenters. The molecule has 0 aliphatic heterocycles. The summed E-state index contributed by atoms with van der Waals surface area (Å²) in [5.74, 6) is -0.101. The highest BCUT2D eigenvalue weighted by molar-refractivity contribution is 5.79. The quantitative estimate of drug-likeness (QED) is 0.693. The average Bonchev–Trinajstić information content (AvgIpc) is 2.79. The molecule has 3 N–H and O–H groups in total. The van der Waals surface area contributed by atoms with Crippen LogP contribution in [0.2, 0.25) is 0 Å². The predicted molar refractivity (Wildman–Crippen MR) is 97.9 cm³/mol. The van der Waals surface area contributed by atoms with Crippen LogP contribution in [0.5, 0.6) is 0 Å². The number of amides is 2. The summed E-state index contributed by atoms with van der Waals surface area (Å²) in [5.41, 5.74) is 2.06. The Balaban J connectivity index is 2.02. The molecule has 25 heavy (non-hydrogen) atoms. The first-order valence-corrected chi connectivity index (χ1v) is 9.23. The first kappa shape index (κ1) is 19.4. The first-order chi connectivity index (χ1) is 12.0. The normalized spacial score (nSPS) is 21.9. The van der Waals surface area contributed by atoms with Crippen molar-refractivity contribution in [3.8, 4) is 0 Å². The van der Waals surface area contributed by atoms with E-state index in [9.17, 15) is 14.7 Å². The monoisotopic (exact) mass is 346 g/mol. The summed E-state index contributed by atoms with van der Waals surface area (Å²) in [5, 5.41) is 15.6. The second-order valence-corrected chi connectivity index (χ2v) is 7.12. The smallest absolute Gasteiger partial charge is 0.222 e. The third-order valence-corrected chi connectivity index (χ3v) is 4.99. The van der Waals surface area contributed by atoms with E-state index in [1.807, 2.05) is 31.2 Å². The molecule has 1 aliphatic carbocycles. The summed E-state index contributed by atoms with van der Waals surface area (Å²) in [6, 6.07) is 7.55. The first-order valence-electron chi connectivity index (χ1n) is 9.23. The third kappa shape index (κ3) is 6.16. The summed E-state index contributed by atoms with van der Waals surface area (Å²) in [6.45, 7) is 3.58. The Morgan fingerprint density at radius 3 is 2.48 bits per heavy atom. The average molecular weight is 346 g/mol. The zero-order valence-electron chi connectivity index (χ0n) is 15.3. The molecule has 1 fully saturated rings. The van der Waals surface area contributed by atoms with Crippen molar-refractivity contribution in [3.05, 3.63) is 35.4 Å². The van der Waals surface area contributed by atoms with Gasteiger partial charge in [0, 0.05) is 25.5 Å². The lowest BCUT2D eigenvalue weighted by Crippen LogP contribution is -2.42. The molecule has 1 aromatic carbocycles. The van der Waals surface area contributed by atoms with E-state index in [0.717, 1.165) is 43.2 Å². The highest BCUT2D eigenvalue weighted by Gasteiger charge is 2.26. The number of aryl methyl sites for hydroxylation is 1. The van der Waals surface area contributed by atoms with Crippen LogP contribution in [0.25, 0.3) is 0 Å². The molecule has 0 saturated heterocycles. The van der Waals surface area contributed by atoms with Crippen LogP contribution >= 0.6 is 0 Å². The van der Waals surface area contributed by atoms with Crippen LogP contribution < -0.4 is 10.6 Å². The van der Waals surface area contributed by atoms with Crippen molar-refractivity contribution in [2.75, 3.05) is 6.61 Å². The minimum absolute atomic E-state index is 0.0241. The van der Waals surface area contributed by atoms with Gasteiger partial charge in [0.05, 0.1) is 12.5 Å². The van der Waals surface area contributed by atoms with Crippen molar-refractivity contribution >= 4 is 11.8 Å². The van der Waals surface area contributed by atoms with Gasteiger partial charge in [-0.3, -0.25) is 9.59 Å². The number of aliphatic hydroxyl groups excluding tert-OH is 1. The van der Waals surface area contributed by atoms with E-state index in [-0.39, 0.29) is 42.8 Å². The van der Waals surface area contributed by atoms with Gasteiger partial charge < -0.3 is 15.7 Å². The standard InChI is InChI=1S/C20H30N2O3/c1-14-8-10-16(11-9-14)19(21-15(2)24)12-20(25)22-18-7-5-3-4-6-17(18)13-23/h8-11,17-19,23H,3-7,12-13H2,1-2H3,(H,21,24)(H,22,25). The molecule has 138 valence electrons. The lowest BCUT2D eigenvalue weighted by atomic mass is 9.95. The molecule has 1 saturated carbocycles. The molecule has 1 aromatic rings. The summed E-state index contributed by atoms with van der Waals surface area (Å²) in [4.78, 5) is 24.1. The molecule has 0 spiro atoms. The van der Waals surface area contributed by atoms with Gasteiger partial charge in [-0.15, -0.1) is 0 Å². The van der Waals surface area contributed by atoms with Gasteiger partial charge in [-0.1, -0.05) is 49.1 Å². The van der Waals surface area contributed by atoms with Crippen LogP contribution in [-0.4, -0.2) is 29.6 Å². The highest BCUT2D eigenvalue weighted by atomic mass is 16.3. The van der Waals surface area contributed by atoms with E-state index in [0.29, 0.717) is 0 Å². The Kier molecular flexibility index (Phi) is 7.44. The lowest BCUT2D eigenvalue weighted by Gasteiger charge is -2.26. The van der Waals surface area contributed by atoms with Crippen LogP contribution in [0, 0.1) is 12.8 Å². The maximum absolute atomic E-state index is 12.6. The fraction of sp³-hybridized carbons (Fsp3) is 0.600. The Morgan fingerprint density at radius 1 is 1.16 bits per heavy atom. The summed E-state index contributed by atoms with van der Waals surface area (Å²) < 4.78 is 0. The van der Waals surface area contributed by atoms with Gasteiger partial charge in [0.25, 0.3) is 0 Å². The molecule has 2 rings (SSSR count). The number of hydrogen-bond acceptors (Lipinski definition) is 3. The maximum Gasteiger partial charge on any atom is 0.222 e. The molecule has 0 heterocycles. The van der Waals surface area contributed by atoms with Crippen molar-refractivity contribution in [2.45, 2.75) is 64.5 Å². The second kappa shape index (κ2) is 9.56. The second-order valence-electron chi connectivity index (χ2n) is 7.12. The maximum atomic E-state index is 12.6. The Labute approximate surface area is 150 Å². The number of carbonyl (C=O) groups is 2. The Morgan fingerprint density at radius 2 is 1.84 bits per heavy atom. The van der Waals surface area contributed by atoms with Gasteiger partial charge in [-0.05, 0) is 25.3 Å². The van der Waals surface area contributed by atoms with Crippen LogP contribution in [-0.2, 0) is 9.59 Å². The molecule has 0 bridgehead atoms. The van der Waals surface area contributed by atoms with Gasteiger partial charge in [0.15, 0.2) is 0 Å². The summed E-state index contributed by atoms with van der Waals surface area (Å²) in [6.07, 6.45) is 5.41. The molecule has 1 aliphatic rings. The van der Waals surface area contributed by atoms with E-state index < -0.39 is 0 Å². The number of nitrogens with one attached hydrogen (secondary N) is 2. The number of rotatable bonds is 6. The third-order valence-electron chi connectivity index (χ3n) is 4.99. The minimum atomic E-state index is -0.337. The van der Waals surface area contributed by atoms with Crippen molar-refractivity contribution in [3.63, 3.8) is 0 Å². The summed E-state index contributed by atoms with van der Waals surface area (Å²) in [7, 11) is 0. The van der Waals surface area contributed by atoms with E-state index >= 15 is 0 Å². The summed E-state index contributed by atoms with van der Waals surface area (Å²) >= 11 is 0. The fourth-order valence-corrected chi connectivity index (χ4v) is 3.54. The van der Waals surface area contributed by atoms with Crippen molar-refractivity contribution in [1.82, 2.24) is 10.6 Å². The molecular formula is C20H30N2O3. The van der Waals surface area contributed by atoms with Gasteiger partial charge in [-0.2, -0.15) is 0 Å². The number of hydrogen-bond donors (Lipinski definition) is 3. The molecular weight excluding hydrogens is 316 g/mol. The van der Waals surface area contributed by atoms with Crippen LogP contribution in [0.1, 0.15) is 62.6 Å². The molecule has 2 amide bonds. The van der Waals surface area contributed by atoms with E-state index in [4.69, 9.17) is 0 Å². The minimum Gasteiger partial charge on any atom is -0.396 e. The predicted octanol–water partition coefficient (Wildman–Crippen LogP) is 2.62. The molecule has 0 aromatic heterocycles. The molecule has 5 heteroatoms. The molecule has 5 nitrogen and oxygen atoms in total. The van der Waals surface area contributed by atoms with Crippen LogP contribution in [0.4, 0.5) is 0 Å². The highest BCUT2D eigenvalue weighted by Crippen LogP contribution is 2.24. The topological polar surface area (TPSA) is 78.4 Å². The van der Waals surface area contributed by atoms with Gasteiger partial charge in [-0.25, -0.2) is 0 Å².